The highest BCUT2D eigenvalue weighted by atomic mass is 16.5. The fraction of sp³-hybridized carbons (Fsp3) is 0.647. The minimum absolute atomic E-state index is 0.101. The topological polar surface area (TPSA) is 53.7 Å². The summed E-state index contributed by atoms with van der Waals surface area (Å²) < 4.78 is 17.2. The first-order valence-electron chi connectivity index (χ1n) is 7.81. The molecule has 2 N–H and O–H groups in total. The average Bonchev–Trinajstić information content (AvgIpc) is 2.48. The molecule has 1 aliphatic carbocycles. The summed E-state index contributed by atoms with van der Waals surface area (Å²) in [6.45, 7) is 1.99. The Hall–Kier alpha value is -1.42. The van der Waals surface area contributed by atoms with Gasteiger partial charge in [0.2, 0.25) is 5.75 Å². The quantitative estimate of drug-likeness (QED) is 0.874. The van der Waals surface area contributed by atoms with E-state index in [1.54, 1.807) is 14.2 Å². The van der Waals surface area contributed by atoms with E-state index in [9.17, 15) is 0 Å². The van der Waals surface area contributed by atoms with E-state index < -0.39 is 0 Å². The first-order chi connectivity index (χ1) is 10.1. The number of benzene rings is 1. The fourth-order valence-electron chi connectivity index (χ4n) is 2.89. The normalized spacial score (nSPS) is 17.3. The van der Waals surface area contributed by atoms with Crippen LogP contribution in [0.25, 0.3) is 0 Å². The Labute approximate surface area is 127 Å². The summed E-state index contributed by atoms with van der Waals surface area (Å²) in [5.74, 6) is 2.19. The maximum atomic E-state index is 6.18. The number of nitrogens with two attached hydrogens (primary N) is 1. The molecule has 1 aliphatic rings. The highest BCUT2D eigenvalue weighted by Crippen LogP contribution is 2.40. The molecular weight excluding hydrogens is 266 g/mol. The number of ether oxygens (including phenoxy) is 3. The minimum Gasteiger partial charge on any atom is -0.493 e. The summed E-state index contributed by atoms with van der Waals surface area (Å²) in [5, 5.41) is 0. The summed E-state index contributed by atoms with van der Waals surface area (Å²) in [6.07, 6.45) is 7.04. The van der Waals surface area contributed by atoms with Crippen molar-refractivity contribution >= 4 is 0 Å². The smallest absolute Gasteiger partial charge is 0.203 e. The number of hydrogen-bond donors (Lipinski definition) is 1. The Bertz CT molecular complexity index is 428. The van der Waals surface area contributed by atoms with Crippen molar-refractivity contribution in [1.29, 1.82) is 0 Å². The molecule has 0 heterocycles. The third-order valence-electron chi connectivity index (χ3n) is 3.91. The zero-order valence-electron chi connectivity index (χ0n) is 13.4. The lowest BCUT2D eigenvalue weighted by molar-refractivity contribution is 0.144. The lowest BCUT2D eigenvalue weighted by Crippen LogP contribution is -2.21. The van der Waals surface area contributed by atoms with Gasteiger partial charge in [-0.25, -0.2) is 0 Å². The maximum absolute atomic E-state index is 6.18. The third-order valence-corrected chi connectivity index (χ3v) is 3.91. The van der Waals surface area contributed by atoms with Gasteiger partial charge in [0.05, 0.1) is 20.3 Å². The summed E-state index contributed by atoms with van der Waals surface area (Å²) in [4.78, 5) is 0. The van der Waals surface area contributed by atoms with Crippen molar-refractivity contribution in [2.75, 3.05) is 14.2 Å². The molecule has 4 nitrogen and oxygen atoms in total. The molecule has 1 unspecified atom stereocenters. The molecule has 0 saturated heterocycles. The van der Waals surface area contributed by atoms with Crippen LogP contribution in [0, 0.1) is 0 Å². The maximum Gasteiger partial charge on any atom is 0.203 e. The van der Waals surface area contributed by atoms with Crippen molar-refractivity contribution in [2.24, 2.45) is 5.73 Å². The minimum atomic E-state index is 0.101. The lowest BCUT2D eigenvalue weighted by Gasteiger charge is -2.25. The Morgan fingerprint density at radius 3 is 2.14 bits per heavy atom. The van der Waals surface area contributed by atoms with Gasteiger partial charge in [0.15, 0.2) is 11.5 Å². The van der Waals surface area contributed by atoms with Crippen molar-refractivity contribution in [1.82, 2.24) is 0 Å². The molecule has 1 saturated carbocycles. The van der Waals surface area contributed by atoms with Crippen molar-refractivity contribution in [3.05, 3.63) is 17.7 Å². The molecule has 0 radical (unpaired) electrons. The summed E-state index contributed by atoms with van der Waals surface area (Å²) in [7, 11) is 3.33. The molecule has 4 heteroatoms. The van der Waals surface area contributed by atoms with Gasteiger partial charge in [-0.1, -0.05) is 6.42 Å². The van der Waals surface area contributed by atoms with Gasteiger partial charge in [-0.2, -0.15) is 0 Å². The molecule has 118 valence electrons. The molecule has 0 bridgehead atoms. The van der Waals surface area contributed by atoms with Crippen molar-refractivity contribution < 1.29 is 14.2 Å². The van der Waals surface area contributed by atoms with Gasteiger partial charge in [0, 0.05) is 6.04 Å². The zero-order chi connectivity index (χ0) is 15.2. The van der Waals surface area contributed by atoms with Gasteiger partial charge in [-0.15, -0.1) is 0 Å². The Morgan fingerprint density at radius 2 is 1.67 bits per heavy atom. The molecule has 21 heavy (non-hydrogen) atoms. The van der Waals surface area contributed by atoms with Gasteiger partial charge in [0.1, 0.15) is 0 Å². The molecule has 2 rings (SSSR count). The molecule has 0 spiro atoms. The predicted molar refractivity (Wildman–Crippen MR) is 84.4 cm³/mol. The molecule has 1 aromatic carbocycles. The van der Waals surface area contributed by atoms with Crippen molar-refractivity contribution in [3.8, 4) is 17.2 Å². The van der Waals surface area contributed by atoms with E-state index >= 15 is 0 Å². The largest absolute Gasteiger partial charge is 0.493 e. The highest BCUT2D eigenvalue weighted by molar-refractivity contribution is 5.54. The second-order valence-corrected chi connectivity index (χ2v) is 5.89. The van der Waals surface area contributed by atoms with Crippen molar-refractivity contribution in [3.63, 3.8) is 0 Å². The van der Waals surface area contributed by atoms with Crippen LogP contribution in [0.1, 0.15) is 44.6 Å². The van der Waals surface area contributed by atoms with Gasteiger partial charge >= 0.3 is 0 Å². The van der Waals surface area contributed by atoms with Crippen LogP contribution in [-0.2, 0) is 6.42 Å². The van der Waals surface area contributed by atoms with E-state index in [-0.39, 0.29) is 12.1 Å². The first-order valence-corrected chi connectivity index (χ1v) is 7.81. The van der Waals surface area contributed by atoms with Gasteiger partial charge in [-0.3, -0.25) is 0 Å². The van der Waals surface area contributed by atoms with Gasteiger partial charge in [0.25, 0.3) is 0 Å². The van der Waals surface area contributed by atoms with E-state index in [2.05, 4.69) is 0 Å². The van der Waals surface area contributed by atoms with E-state index in [1.165, 1.54) is 19.3 Å². The Kier molecular flexibility index (Phi) is 5.74. The number of rotatable bonds is 6. The molecule has 0 aromatic heterocycles. The molecule has 0 amide bonds. The second kappa shape index (κ2) is 7.55. The van der Waals surface area contributed by atoms with Gasteiger partial charge < -0.3 is 19.9 Å². The monoisotopic (exact) mass is 293 g/mol. The highest BCUT2D eigenvalue weighted by Gasteiger charge is 2.21. The molecule has 1 aromatic rings. The Balaban J connectivity index is 2.24. The number of methoxy groups -OCH3 is 2. The Morgan fingerprint density at radius 1 is 1.10 bits per heavy atom. The zero-order valence-corrected chi connectivity index (χ0v) is 13.4. The van der Waals surface area contributed by atoms with Crippen LogP contribution in [0.3, 0.4) is 0 Å². The summed E-state index contributed by atoms with van der Waals surface area (Å²) >= 11 is 0. The molecule has 1 atom stereocenters. The standard InChI is InChI=1S/C17H27NO3/c1-12(18)9-13-10-15(19-2)17(16(11-13)20-3)21-14-7-5-4-6-8-14/h10-12,14H,4-9,18H2,1-3H3. The predicted octanol–water partition coefficient (Wildman–Crippen LogP) is 3.31. The molecular formula is C17H27NO3. The van der Waals surface area contributed by atoms with E-state index in [0.29, 0.717) is 0 Å². The van der Waals surface area contributed by atoms with E-state index in [4.69, 9.17) is 19.9 Å². The van der Waals surface area contributed by atoms with Crippen LogP contribution in [0.4, 0.5) is 0 Å². The summed E-state index contributed by atoms with van der Waals surface area (Å²) in [6, 6.07) is 4.11. The van der Waals surface area contributed by atoms with Crippen LogP contribution in [0.15, 0.2) is 12.1 Å². The summed E-state index contributed by atoms with van der Waals surface area (Å²) in [5.41, 5.74) is 6.99. The molecule has 0 aliphatic heterocycles. The van der Waals surface area contributed by atoms with Crippen molar-refractivity contribution in [2.45, 2.75) is 57.6 Å². The van der Waals surface area contributed by atoms with Gasteiger partial charge in [-0.05, 0) is 56.7 Å². The van der Waals surface area contributed by atoms with Crippen LogP contribution < -0.4 is 19.9 Å². The first kappa shape index (κ1) is 16.0. The molecule has 1 fully saturated rings. The average molecular weight is 293 g/mol. The van der Waals surface area contributed by atoms with E-state index in [1.807, 2.05) is 19.1 Å². The van der Waals surface area contributed by atoms with Crippen LogP contribution in [-0.4, -0.2) is 26.4 Å². The second-order valence-electron chi connectivity index (χ2n) is 5.89. The van der Waals surface area contributed by atoms with Crippen LogP contribution in [0.2, 0.25) is 0 Å². The SMILES string of the molecule is COc1cc(CC(C)N)cc(OC)c1OC1CCCCC1. The lowest BCUT2D eigenvalue weighted by atomic mass is 9.97. The number of hydrogen-bond acceptors (Lipinski definition) is 4. The fourth-order valence-corrected chi connectivity index (χ4v) is 2.89. The van der Waals surface area contributed by atoms with Crippen LogP contribution in [0.5, 0.6) is 17.2 Å². The van der Waals surface area contributed by atoms with E-state index in [0.717, 1.165) is 42.1 Å². The third kappa shape index (κ3) is 4.27. The van der Waals surface area contributed by atoms with Crippen LogP contribution >= 0.6 is 0 Å².